The molecule has 3 aromatic heterocycles. The molecule has 0 radical (unpaired) electrons. The fraction of sp³-hybridized carbons (Fsp3) is 0.438. The molecule has 5 aromatic rings. The number of nitrogens with zero attached hydrogens (tertiary/aromatic N) is 6. The molecule has 5 N–H and O–H groups in total. The van der Waals surface area contributed by atoms with Crippen LogP contribution in [-0.2, 0) is 32.6 Å². The molecule has 0 bridgehead atoms. The van der Waals surface area contributed by atoms with Crippen LogP contribution in [0.2, 0.25) is 5.02 Å². The lowest BCUT2D eigenvalue weighted by Gasteiger charge is -2.39. The number of nitrogens with one attached hydrogen (secondary N) is 4. The summed E-state index contributed by atoms with van der Waals surface area (Å²) in [6.07, 6.45) is 2.78. The Labute approximate surface area is 384 Å². The second kappa shape index (κ2) is 20.0. The van der Waals surface area contributed by atoms with Gasteiger partial charge in [-0.3, -0.25) is 29.0 Å². The van der Waals surface area contributed by atoms with Crippen molar-refractivity contribution in [2.75, 3.05) is 29.9 Å². The van der Waals surface area contributed by atoms with Gasteiger partial charge < -0.3 is 35.6 Å². The van der Waals surface area contributed by atoms with E-state index in [2.05, 4.69) is 48.1 Å². The highest BCUT2D eigenvalue weighted by Crippen LogP contribution is 2.33. The molecule has 65 heavy (non-hydrogen) atoms. The monoisotopic (exact) mass is 906 g/mol. The van der Waals surface area contributed by atoms with Crippen molar-refractivity contribution in [2.45, 2.75) is 104 Å². The summed E-state index contributed by atoms with van der Waals surface area (Å²) in [5.74, 6) is -1.66. The molecular weight excluding hydrogens is 848 g/mol. The van der Waals surface area contributed by atoms with E-state index in [0.717, 1.165) is 40.3 Å². The summed E-state index contributed by atoms with van der Waals surface area (Å²) in [4.78, 5) is 62.7. The van der Waals surface area contributed by atoms with Crippen molar-refractivity contribution in [1.82, 2.24) is 40.5 Å². The van der Waals surface area contributed by atoms with Crippen LogP contribution in [-0.4, -0.2) is 109 Å². The van der Waals surface area contributed by atoms with Crippen molar-refractivity contribution in [3.63, 3.8) is 0 Å². The normalized spacial score (nSPS) is 19.7. The molecule has 2 saturated heterocycles. The smallest absolute Gasteiger partial charge is 0.274 e. The SMILES string of the molecule is CCc1cc(-c2cccc(C(=O)Nc3ccc(N4CC[C@H](OCC(=O)N[C@H](C(=O)N5C[C@H](O)C[C@H]5C(=O)N[C@@H](C)c5ccc(-c6ccnn6C)cc5)C(C)(C)C)C[C@@H]4C)cc3Cl)n2)[nH]n1. The zero-order chi connectivity index (χ0) is 46.6. The van der Waals surface area contributed by atoms with Gasteiger partial charge in [-0.05, 0) is 92.1 Å². The Balaban J connectivity index is 0.902. The Bertz CT molecular complexity index is 2500. The molecule has 4 amide bonds. The number of aromatic amines is 1. The average Bonchev–Trinajstić information content (AvgIpc) is 4.05. The molecule has 16 nitrogen and oxygen atoms in total. The number of aliphatic hydroxyl groups excluding tert-OH is 1. The topological polar surface area (TPSA) is 200 Å². The van der Waals surface area contributed by atoms with Gasteiger partial charge in [-0.2, -0.15) is 10.2 Å². The maximum atomic E-state index is 14.2. The third-order valence-electron chi connectivity index (χ3n) is 12.2. The maximum Gasteiger partial charge on any atom is 0.274 e. The number of amides is 4. The number of benzene rings is 2. The first-order chi connectivity index (χ1) is 31.0. The van der Waals surface area contributed by atoms with Crippen LogP contribution in [0.1, 0.15) is 88.6 Å². The molecule has 17 heteroatoms. The lowest BCUT2D eigenvalue weighted by atomic mass is 9.85. The fourth-order valence-electron chi connectivity index (χ4n) is 8.53. The van der Waals surface area contributed by atoms with E-state index in [1.807, 2.05) is 96.3 Å². The number of hydrogen-bond acceptors (Lipinski definition) is 10. The third kappa shape index (κ3) is 11.1. The number of likely N-dealkylation sites (tertiary alicyclic amines) is 1. The number of ether oxygens (including phenoxy) is 1. The van der Waals surface area contributed by atoms with Crippen LogP contribution in [0.5, 0.6) is 0 Å². The first-order valence-corrected chi connectivity index (χ1v) is 22.5. The highest BCUT2D eigenvalue weighted by atomic mass is 35.5. The zero-order valence-corrected chi connectivity index (χ0v) is 38.7. The number of anilines is 2. The van der Waals surface area contributed by atoms with Crippen LogP contribution in [0.15, 0.2) is 79.0 Å². The number of pyridine rings is 1. The third-order valence-corrected chi connectivity index (χ3v) is 12.5. The van der Waals surface area contributed by atoms with E-state index in [1.54, 1.807) is 29.1 Å². The number of aliphatic hydroxyl groups is 1. The minimum absolute atomic E-state index is 0.0260. The van der Waals surface area contributed by atoms with Gasteiger partial charge in [0.2, 0.25) is 17.7 Å². The summed E-state index contributed by atoms with van der Waals surface area (Å²) in [5, 5.41) is 31.3. The Kier molecular flexibility index (Phi) is 14.4. The molecule has 6 atom stereocenters. The predicted octanol–water partition coefficient (Wildman–Crippen LogP) is 6.08. The lowest BCUT2D eigenvalue weighted by Crippen LogP contribution is -2.58. The van der Waals surface area contributed by atoms with Crippen molar-refractivity contribution in [1.29, 1.82) is 0 Å². The molecule has 2 aliphatic heterocycles. The van der Waals surface area contributed by atoms with Crippen molar-refractivity contribution >= 4 is 46.6 Å². The van der Waals surface area contributed by atoms with Crippen LogP contribution in [0.25, 0.3) is 22.6 Å². The van der Waals surface area contributed by atoms with E-state index in [-0.39, 0.29) is 49.4 Å². The van der Waals surface area contributed by atoms with E-state index in [0.29, 0.717) is 35.8 Å². The minimum Gasteiger partial charge on any atom is -0.391 e. The molecule has 2 aromatic carbocycles. The van der Waals surface area contributed by atoms with Gasteiger partial charge in [-0.25, -0.2) is 4.98 Å². The number of carbonyl (C=O) groups is 4. The molecule has 0 saturated carbocycles. The van der Waals surface area contributed by atoms with Gasteiger partial charge in [0, 0.05) is 44.5 Å². The summed E-state index contributed by atoms with van der Waals surface area (Å²) in [7, 11) is 1.88. The highest BCUT2D eigenvalue weighted by Gasteiger charge is 2.45. The van der Waals surface area contributed by atoms with Crippen molar-refractivity contribution in [2.24, 2.45) is 12.5 Å². The van der Waals surface area contributed by atoms with Crippen molar-refractivity contribution in [3.8, 4) is 22.6 Å². The van der Waals surface area contributed by atoms with Crippen molar-refractivity contribution in [3.05, 3.63) is 101 Å². The number of rotatable bonds is 14. The van der Waals surface area contributed by atoms with Gasteiger partial charge in [0.05, 0.1) is 51.7 Å². The Morgan fingerprint density at radius 1 is 1.02 bits per heavy atom. The molecule has 7 rings (SSSR count). The van der Waals surface area contributed by atoms with Gasteiger partial charge >= 0.3 is 0 Å². The largest absolute Gasteiger partial charge is 0.391 e. The molecule has 0 unspecified atom stereocenters. The first kappa shape index (κ1) is 46.9. The number of H-pyrrole nitrogens is 1. The number of carbonyl (C=O) groups excluding carboxylic acids is 4. The summed E-state index contributed by atoms with van der Waals surface area (Å²) in [6.45, 7) is 11.9. The second-order valence-corrected chi connectivity index (χ2v) is 18.5. The highest BCUT2D eigenvalue weighted by molar-refractivity contribution is 6.34. The average molecular weight is 908 g/mol. The van der Waals surface area contributed by atoms with E-state index in [4.69, 9.17) is 16.3 Å². The van der Waals surface area contributed by atoms with Crippen LogP contribution in [0.3, 0.4) is 0 Å². The molecule has 5 heterocycles. The quantitative estimate of drug-likeness (QED) is 0.0870. The maximum absolute atomic E-state index is 14.2. The van der Waals surface area contributed by atoms with E-state index in [1.165, 1.54) is 4.90 Å². The van der Waals surface area contributed by atoms with E-state index in [9.17, 15) is 24.3 Å². The predicted molar refractivity (Wildman–Crippen MR) is 249 cm³/mol. The molecule has 344 valence electrons. The fourth-order valence-corrected chi connectivity index (χ4v) is 8.75. The van der Waals surface area contributed by atoms with E-state index >= 15 is 0 Å². The van der Waals surface area contributed by atoms with Crippen LogP contribution >= 0.6 is 11.6 Å². The number of halogens is 1. The lowest BCUT2D eigenvalue weighted by molar-refractivity contribution is -0.145. The number of aromatic nitrogens is 5. The van der Waals surface area contributed by atoms with Crippen LogP contribution in [0.4, 0.5) is 11.4 Å². The van der Waals surface area contributed by atoms with Gasteiger partial charge in [0.15, 0.2) is 0 Å². The van der Waals surface area contributed by atoms with Crippen LogP contribution < -0.4 is 20.9 Å². The molecular formula is C48H59ClN10O6. The summed E-state index contributed by atoms with van der Waals surface area (Å²) < 4.78 is 7.92. The second-order valence-electron chi connectivity index (χ2n) is 18.1. The van der Waals surface area contributed by atoms with Gasteiger partial charge in [0.25, 0.3) is 5.91 Å². The Morgan fingerprint density at radius 3 is 2.45 bits per heavy atom. The van der Waals surface area contributed by atoms with Crippen LogP contribution in [0, 0.1) is 5.41 Å². The summed E-state index contributed by atoms with van der Waals surface area (Å²) >= 11 is 6.71. The number of piperidine rings is 1. The van der Waals surface area contributed by atoms with Gasteiger partial charge in [-0.15, -0.1) is 0 Å². The van der Waals surface area contributed by atoms with Gasteiger partial charge in [-0.1, -0.05) is 69.6 Å². The zero-order valence-electron chi connectivity index (χ0n) is 38.0. The number of aryl methyl sites for hydroxylation is 2. The summed E-state index contributed by atoms with van der Waals surface area (Å²) in [6, 6.07) is 20.2. The first-order valence-electron chi connectivity index (χ1n) is 22.2. The number of hydrogen-bond donors (Lipinski definition) is 5. The van der Waals surface area contributed by atoms with Crippen molar-refractivity contribution < 1.29 is 29.0 Å². The molecule has 0 aliphatic carbocycles. The Hall–Kier alpha value is -6.10. The van der Waals surface area contributed by atoms with E-state index < -0.39 is 41.3 Å². The molecule has 0 spiro atoms. The number of β-amino-alcohol motifs (C(OH)–C–C–N with tert-alkyl or cyclic N) is 1. The van der Waals surface area contributed by atoms with Gasteiger partial charge in [0.1, 0.15) is 24.4 Å². The standard InChI is InChI=1S/C48H59ClN10O6/c1-8-32-23-40(56-55-32)38-10-9-11-39(52-38)45(62)53-37-17-16-33(24-36(37)49)58-21-19-35(22-28(58)2)65-27-43(61)54-44(48(4,5)6)47(64)59-26-34(60)25-42(59)46(63)51-29(3)30-12-14-31(15-13-30)41-18-20-50-57(41)7/h9-18,20,23-24,28-29,34-35,42,44,60H,8,19,21-22,25-27H2,1-7H3,(H,51,63)(H,53,62)(H,54,61)(H,55,56)/t28-,29-,34+,35-,42-,44+/m0/s1. The molecule has 2 fully saturated rings. The molecule has 2 aliphatic rings. The summed E-state index contributed by atoms with van der Waals surface area (Å²) in [5.41, 5.74) is 5.96. The minimum atomic E-state index is -0.980. The Morgan fingerprint density at radius 2 is 1.78 bits per heavy atom.